The Morgan fingerprint density at radius 2 is 2.03 bits per heavy atom. The molecule has 2 aromatic rings. The van der Waals surface area contributed by atoms with Crippen LogP contribution in [0, 0.1) is 0 Å². The molecule has 0 saturated carbocycles. The first-order valence-electron chi connectivity index (χ1n) is 11.3. The van der Waals surface area contributed by atoms with Crippen molar-refractivity contribution in [2.24, 2.45) is 0 Å². The first kappa shape index (κ1) is 22.3. The number of nitrogens with one attached hydrogen (secondary N) is 1. The minimum absolute atomic E-state index is 0.00241. The van der Waals surface area contributed by atoms with E-state index in [1.165, 1.54) is 17.2 Å². The molecule has 1 amide bonds. The molecule has 3 saturated heterocycles. The first-order chi connectivity index (χ1) is 15.7. The van der Waals surface area contributed by atoms with Crippen LogP contribution in [0.5, 0.6) is 0 Å². The normalized spacial score (nSPS) is 33.8. The third-order valence-electron chi connectivity index (χ3n) is 6.61. The molecule has 12 nitrogen and oxygen atoms in total. The Balaban J connectivity index is 1.36. The van der Waals surface area contributed by atoms with E-state index in [1.807, 2.05) is 25.7 Å². The molecule has 180 valence electrons. The van der Waals surface area contributed by atoms with Gasteiger partial charge in [-0.3, -0.25) is 4.57 Å². The van der Waals surface area contributed by atoms with Crippen LogP contribution >= 0.6 is 0 Å². The van der Waals surface area contributed by atoms with Gasteiger partial charge in [0.05, 0.1) is 25.0 Å². The Hall–Kier alpha value is -2.54. The van der Waals surface area contributed by atoms with Crippen molar-refractivity contribution in [3.8, 4) is 0 Å². The summed E-state index contributed by atoms with van der Waals surface area (Å²) in [5.41, 5.74) is 0.361. The van der Waals surface area contributed by atoms with E-state index >= 15 is 0 Å². The molecule has 0 radical (unpaired) electrons. The highest BCUT2D eigenvalue weighted by Gasteiger charge is 2.50. The molecule has 0 aromatic carbocycles. The van der Waals surface area contributed by atoms with E-state index in [0.29, 0.717) is 17.0 Å². The maximum Gasteiger partial charge on any atom is 0.410 e. The second-order valence-corrected chi connectivity index (χ2v) is 9.95. The molecule has 4 N–H and O–H groups in total. The second-order valence-electron chi connectivity index (χ2n) is 9.95. The molecule has 0 spiro atoms. The number of hydrogen-bond donors (Lipinski definition) is 4. The van der Waals surface area contributed by atoms with Crippen LogP contribution in [0.3, 0.4) is 0 Å². The Morgan fingerprint density at radius 3 is 2.73 bits per heavy atom. The Bertz CT molecular complexity index is 1040. The lowest BCUT2D eigenvalue weighted by molar-refractivity contribution is -0.0511. The lowest BCUT2D eigenvalue weighted by atomic mass is 9.95. The molecule has 33 heavy (non-hydrogen) atoms. The van der Waals surface area contributed by atoms with E-state index in [0.717, 1.165) is 19.3 Å². The van der Waals surface area contributed by atoms with Crippen molar-refractivity contribution in [3.05, 3.63) is 12.7 Å². The predicted octanol–water partition coefficient (Wildman–Crippen LogP) is 0.390. The minimum Gasteiger partial charge on any atom is -0.444 e. The van der Waals surface area contributed by atoms with E-state index in [-0.39, 0.29) is 24.2 Å². The van der Waals surface area contributed by atoms with E-state index in [4.69, 9.17) is 9.47 Å². The van der Waals surface area contributed by atoms with Crippen molar-refractivity contribution in [2.45, 2.75) is 88.3 Å². The molecule has 12 heteroatoms. The highest BCUT2D eigenvalue weighted by Crippen LogP contribution is 2.40. The monoisotopic (exact) mass is 462 g/mol. The van der Waals surface area contributed by atoms with Crippen LogP contribution in [0.25, 0.3) is 11.2 Å². The number of anilines is 1. The molecular weight excluding hydrogens is 432 g/mol. The summed E-state index contributed by atoms with van der Waals surface area (Å²) in [6.07, 6.45) is 0.898. The zero-order valence-corrected chi connectivity index (χ0v) is 18.8. The van der Waals surface area contributed by atoms with Gasteiger partial charge in [0.15, 0.2) is 23.2 Å². The van der Waals surface area contributed by atoms with Gasteiger partial charge in [0.1, 0.15) is 30.2 Å². The number of amides is 1. The molecule has 3 aliphatic rings. The Morgan fingerprint density at radius 1 is 1.24 bits per heavy atom. The van der Waals surface area contributed by atoms with E-state index in [9.17, 15) is 20.1 Å². The molecule has 2 bridgehead atoms. The van der Waals surface area contributed by atoms with Crippen LogP contribution in [-0.4, -0.2) is 94.5 Å². The van der Waals surface area contributed by atoms with Crippen molar-refractivity contribution in [3.63, 3.8) is 0 Å². The number of ether oxygens (including phenoxy) is 2. The van der Waals surface area contributed by atoms with Gasteiger partial charge in [0.2, 0.25) is 0 Å². The van der Waals surface area contributed by atoms with Gasteiger partial charge >= 0.3 is 6.09 Å². The average Bonchev–Trinajstić information content (AvgIpc) is 3.50. The Labute approximate surface area is 190 Å². The standard InChI is InChI=1S/C21H30N6O6/c1-21(2,3)33-20(31)27-10-4-5-12(27)11(6-10)25-17-14-18(23-8-22-17)26(9-24-14)19-16(30)15(29)13(7-28)32-19/h8-13,15-16,19,28-30H,4-7H2,1-3H3,(H,22,23,25)/t10-,11+,12-,13+,15+,16+,19+/m0/s1. The molecule has 7 atom stereocenters. The number of carbonyl (C=O) groups excluding carboxylic acids is 1. The molecule has 2 aromatic heterocycles. The maximum atomic E-state index is 12.7. The number of hydrogen-bond acceptors (Lipinski definition) is 10. The number of nitrogens with zero attached hydrogens (tertiary/aromatic N) is 5. The number of fused-ring (bicyclic) bond motifs is 3. The SMILES string of the molecule is CC(C)(C)OC(=O)N1[C@H]2CC[C@H]1[C@H](Nc1ncnc3c1ncn3[C@@H]1O[C@H](CO)[C@@H](O)[C@H]1O)C2. The fourth-order valence-electron chi connectivity index (χ4n) is 5.17. The number of aliphatic hydroxyl groups excluding tert-OH is 3. The van der Waals surface area contributed by atoms with Crippen molar-refractivity contribution in [1.82, 2.24) is 24.4 Å². The van der Waals surface area contributed by atoms with Crippen LogP contribution in [0.1, 0.15) is 46.3 Å². The smallest absolute Gasteiger partial charge is 0.410 e. The molecule has 3 fully saturated rings. The zero-order chi connectivity index (χ0) is 23.5. The van der Waals surface area contributed by atoms with Crippen LogP contribution in [0.15, 0.2) is 12.7 Å². The van der Waals surface area contributed by atoms with Crippen LogP contribution in [-0.2, 0) is 9.47 Å². The van der Waals surface area contributed by atoms with Gasteiger partial charge in [-0.15, -0.1) is 0 Å². The van der Waals surface area contributed by atoms with E-state index < -0.39 is 36.7 Å². The summed E-state index contributed by atoms with van der Waals surface area (Å²) in [4.78, 5) is 27.7. The van der Waals surface area contributed by atoms with Gasteiger partial charge in [0.25, 0.3) is 0 Å². The fourth-order valence-corrected chi connectivity index (χ4v) is 5.17. The molecular formula is C21H30N6O6. The predicted molar refractivity (Wildman–Crippen MR) is 115 cm³/mol. The number of carbonyl (C=O) groups is 1. The Kier molecular flexibility index (Phi) is 5.43. The van der Waals surface area contributed by atoms with Crippen molar-refractivity contribution in [2.75, 3.05) is 11.9 Å². The molecule has 0 aliphatic carbocycles. The average molecular weight is 463 g/mol. The quantitative estimate of drug-likeness (QED) is 0.501. The summed E-state index contributed by atoms with van der Waals surface area (Å²) < 4.78 is 12.8. The molecule has 5 heterocycles. The van der Waals surface area contributed by atoms with E-state index in [2.05, 4.69) is 20.3 Å². The van der Waals surface area contributed by atoms with Gasteiger partial charge in [-0.1, -0.05) is 0 Å². The van der Waals surface area contributed by atoms with Crippen molar-refractivity contribution in [1.29, 1.82) is 0 Å². The largest absolute Gasteiger partial charge is 0.444 e. The van der Waals surface area contributed by atoms with Crippen LogP contribution < -0.4 is 5.32 Å². The van der Waals surface area contributed by atoms with E-state index in [1.54, 1.807) is 0 Å². The van der Waals surface area contributed by atoms with Crippen molar-refractivity contribution >= 4 is 23.1 Å². The van der Waals surface area contributed by atoms with Gasteiger partial charge in [-0.25, -0.2) is 19.7 Å². The number of imidazole rings is 1. The maximum absolute atomic E-state index is 12.7. The molecule has 5 rings (SSSR count). The summed E-state index contributed by atoms with van der Waals surface area (Å²) in [6.45, 7) is 5.17. The zero-order valence-electron chi connectivity index (χ0n) is 18.8. The van der Waals surface area contributed by atoms with Gasteiger partial charge in [-0.05, 0) is 40.0 Å². The van der Waals surface area contributed by atoms with Gasteiger partial charge in [0, 0.05) is 6.04 Å². The van der Waals surface area contributed by atoms with Crippen LogP contribution in [0.4, 0.5) is 10.6 Å². The van der Waals surface area contributed by atoms with Gasteiger partial charge < -0.3 is 35.0 Å². The summed E-state index contributed by atoms with van der Waals surface area (Å²) in [7, 11) is 0. The highest BCUT2D eigenvalue weighted by molar-refractivity contribution is 5.83. The lowest BCUT2D eigenvalue weighted by Crippen LogP contribution is -2.42. The van der Waals surface area contributed by atoms with Gasteiger partial charge in [-0.2, -0.15) is 0 Å². The molecule has 0 unspecified atom stereocenters. The van der Waals surface area contributed by atoms with Crippen LogP contribution in [0.2, 0.25) is 0 Å². The number of rotatable bonds is 4. The fraction of sp³-hybridized carbons (Fsp3) is 0.714. The summed E-state index contributed by atoms with van der Waals surface area (Å²) in [5.74, 6) is 0.521. The molecule has 3 aliphatic heterocycles. The topological polar surface area (TPSA) is 155 Å². The summed E-state index contributed by atoms with van der Waals surface area (Å²) in [6, 6.07) is 0.113. The third kappa shape index (κ3) is 3.80. The number of aliphatic hydroxyl groups is 3. The summed E-state index contributed by atoms with van der Waals surface area (Å²) >= 11 is 0. The minimum atomic E-state index is -1.24. The lowest BCUT2D eigenvalue weighted by Gasteiger charge is -2.28. The summed E-state index contributed by atoms with van der Waals surface area (Å²) in [5, 5.41) is 33.3. The number of aromatic nitrogens is 4. The first-order valence-corrected chi connectivity index (χ1v) is 11.3. The second kappa shape index (κ2) is 8.05. The third-order valence-corrected chi connectivity index (χ3v) is 6.61. The van der Waals surface area contributed by atoms with Crippen molar-refractivity contribution < 1.29 is 29.6 Å². The highest BCUT2D eigenvalue weighted by atomic mass is 16.6.